The van der Waals surface area contributed by atoms with Crippen LogP contribution in [0.5, 0.6) is 0 Å². The van der Waals surface area contributed by atoms with E-state index >= 15 is 0 Å². The van der Waals surface area contributed by atoms with Crippen LogP contribution in [0.25, 0.3) is 0 Å². The first-order valence-electron chi connectivity index (χ1n) is 7.68. The number of hydroxylamine groups is 1. The van der Waals surface area contributed by atoms with E-state index in [0.29, 0.717) is 19.4 Å². The Hall–Kier alpha value is -2.03. The van der Waals surface area contributed by atoms with Gasteiger partial charge in [-0.3, -0.25) is 14.4 Å². The van der Waals surface area contributed by atoms with Crippen molar-refractivity contribution in [3.05, 3.63) is 24.2 Å². The van der Waals surface area contributed by atoms with Gasteiger partial charge in [0.15, 0.2) is 0 Å². The Morgan fingerprint density at radius 1 is 1.33 bits per heavy atom. The number of nitrogens with zero attached hydrogens (tertiary/aromatic N) is 1. The lowest BCUT2D eigenvalue weighted by atomic mass is 9.96. The minimum atomic E-state index is -4.87. The molecule has 0 aliphatic carbocycles. The maximum Gasteiger partial charge on any atom is 0.471 e. The minimum Gasteiger partial charge on any atom is -0.469 e. The molecular formula is C15H19F3N2O4. The van der Waals surface area contributed by atoms with Crippen LogP contribution in [-0.4, -0.2) is 42.6 Å². The average molecular weight is 348 g/mol. The van der Waals surface area contributed by atoms with E-state index in [0.717, 1.165) is 10.7 Å². The number of aryl methyl sites for hydroxylation is 1. The summed E-state index contributed by atoms with van der Waals surface area (Å²) in [5, 5.41) is 0. The van der Waals surface area contributed by atoms with Crippen molar-refractivity contribution in [2.75, 3.05) is 19.7 Å². The van der Waals surface area contributed by atoms with Crippen molar-refractivity contribution in [1.82, 2.24) is 10.4 Å². The molecule has 1 aromatic heterocycles. The van der Waals surface area contributed by atoms with Gasteiger partial charge in [0.25, 0.3) is 0 Å². The highest BCUT2D eigenvalue weighted by atomic mass is 19.4. The summed E-state index contributed by atoms with van der Waals surface area (Å²) in [4.78, 5) is 28.8. The topological polar surface area (TPSA) is 71.8 Å². The van der Waals surface area contributed by atoms with E-state index in [4.69, 9.17) is 9.25 Å². The van der Waals surface area contributed by atoms with Crippen molar-refractivity contribution in [2.24, 2.45) is 5.92 Å². The Kier molecular flexibility index (Phi) is 6.24. The fourth-order valence-electron chi connectivity index (χ4n) is 2.50. The number of carbonyl (C=O) groups is 2. The van der Waals surface area contributed by atoms with Crippen molar-refractivity contribution in [2.45, 2.75) is 31.9 Å². The summed E-state index contributed by atoms with van der Waals surface area (Å²) in [5.74, 6) is -1.85. The standard InChI is InChI=1S/C15H19F3N2O4/c16-15(17,18)14(22)20-7-5-11(6-8-20)13(21)19-24-10-2-4-12-3-1-9-23-12/h1,3,9,11H,2,4-8,10H2,(H,19,21). The van der Waals surface area contributed by atoms with Gasteiger partial charge >= 0.3 is 12.1 Å². The summed E-state index contributed by atoms with van der Waals surface area (Å²) in [6, 6.07) is 3.63. The van der Waals surface area contributed by atoms with E-state index in [2.05, 4.69) is 5.48 Å². The van der Waals surface area contributed by atoms with E-state index < -0.39 is 18.0 Å². The van der Waals surface area contributed by atoms with E-state index in [9.17, 15) is 22.8 Å². The summed E-state index contributed by atoms with van der Waals surface area (Å²) in [6.07, 6.45) is -1.58. The smallest absolute Gasteiger partial charge is 0.469 e. The second-order valence-corrected chi connectivity index (χ2v) is 5.56. The van der Waals surface area contributed by atoms with Crippen molar-refractivity contribution >= 4 is 11.8 Å². The lowest BCUT2D eigenvalue weighted by molar-refractivity contribution is -0.187. The molecule has 1 aromatic rings. The summed E-state index contributed by atoms with van der Waals surface area (Å²) < 4.78 is 42.2. The minimum absolute atomic E-state index is 0.0884. The molecule has 1 saturated heterocycles. The van der Waals surface area contributed by atoms with Crippen LogP contribution in [0.4, 0.5) is 13.2 Å². The van der Waals surface area contributed by atoms with E-state index in [1.807, 2.05) is 6.07 Å². The zero-order valence-corrected chi connectivity index (χ0v) is 13.0. The van der Waals surface area contributed by atoms with Crippen molar-refractivity contribution in [3.63, 3.8) is 0 Å². The van der Waals surface area contributed by atoms with Gasteiger partial charge in [0.2, 0.25) is 5.91 Å². The molecule has 1 fully saturated rings. The molecule has 2 rings (SSSR count). The number of furan rings is 1. The van der Waals surface area contributed by atoms with Crippen molar-refractivity contribution in [3.8, 4) is 0 Å². The van der Waals surface area contributed by atoms with Gasteiger partial charge in [-0.05, 0) is 31.4 Å². The van der Waals surface area contributed by atoms with Gasteiger partial charge in [0.1, 0.15) is 5.76 Å². The lowest BCUT2D eigenvalue weighted by Gasteiger charge is -2.31. The van der Waals surface area contributed by atoms with Gasteiger partial charge in [-0.15, -0.1) is 0 Å². The molecule has 0 unspecified atom stereocenters. The third-order valence-electron chi connectivity index (χ3n) is 3.82. The van der Waals surface area contributed by atoms with E-state index in [-0.39, 0.29) is 31.8 Å². The summed E-state index contributed by atoms with van der Waals surface area (Å²) in [5.41, 5.74) is 2.31. The third kappa shape index (κ3) is 5.26. The molecule has 1 aliphatic heterocycles. The predicted molar refractivity (Wildman–Crippen MR) is 76.5 cm³/mol. The SMILES string of the molecule is O=C(NOCCCc1ccco1)C1CCN(C(=O)C(F)(F)F)CC1. The second kappa shape index (κ2) is 8.18. The van der Waals surface area contributed by atoms with Gasteiger partial charge in [-0.2, -0.15) is 13.2 Å². The molecule has 2 amide bonds. The van der Waals surface area contributed by atoms with Crippen LogP contribution in [0, 0.1) is 5.92 Å². The summed E-state index contributed by atoms with van der Waals surface area (Å²) in [6.45, 7) is 0.127. The van der Waals surface area contributed by atoms with Gasteiger partial charge in [0, 0.05) is 25.4 Å². The highest BCUT2D eigenvalue weighted by molar-refractivity contribution is 5.82. The van der Waals surface area contributed by atoms with Gasteiger partial charge < -0.3 is 9.32 Å². The molecule has 134 valence electrons. The normalized spacial score (nSPS) is 16.2. The molecule has 0 saturated carbocycles. The molecular weight excluding hydrogens is 329 g/mol. The van der Waals surface area contributed by atoms with Crippen LogP contribution in [0.2, 0.25) is 0 Å². The maximum atomic E-state index is 12.3. The molecule has 0 spiro atoms. The van der Waals surface area contributed by atoms with E-state index in [1.54, 1.807) is 12.3 Å². The van der Waals surface area contributed by atoms with Gasteiger partial charge in [-0.25, -0.2) is 5.48 Å². The molecule has 2 heterocycles. The first kappa shape index (κ1) is 18.3. The van der Waals surface area contributed by atoms with E-state index in [1.165, 1.54) is 0 Å². The van der Waals surface area contributed by atoms with Crippen LogP contribution >= 0.6 is 0 Å². The first-order chi connectivity index (χ1) is 11.4. The molecule has 0 aromatic carbocycles. The van der Waals surface area contributed by atoms with Crippen LogP contribution in [0.1, 0.15) is 25.0 Å². The number of nitrogens with one attached hydrogen (secondary N) is 1. The number of hydrogen-bond acceptors (Lipinski definition) is 4. The number of carbonyl (C=O) groups excluding carboxylic acids is 2. The molecule has 24 heavy (non-hydrogen) atoms. The zero-order valence-electron chi connectivity index (χ0n) is 13.0. The lowest BCUT2D eigenvalue weighted by Crippen LogP contribution is -2.47. The van der Waals surface area contributed by atoms with Crippen molar-refractivity contribution < 1.29 is 32.0 Å². The Balaban J connectivity index is 1.61. The average Bonchev–Trinajstić information content (AvgIpc) is 3.06. The number of likely N-dealkylation sites (tertiary alicyclic amines) is 1. The Morgan fingerprint density at radius 2 is 2.04 bits per heavy atom. The number of amides is 2. The highest BCUT2D eigenvalue weighted by Crippen LogP contribution is 2.23. The Labute approximate surface area is 136 Å². The maximum absolute atomic E-state index is 12.3. The number of rotatable bonds is 6. The quantitative estimate of drug-likeness (QED) is 0.631. The molecule has 6 nitrogen and oxygen atoms in total. The first-order valence-corrected chi connectivity index (χ1v) is 7.68. The molecule has 9 heteroatoms. The van der Waals surface area contributed by atoms with Crippen LogP contribution in [-0.2, 0) is 20.8 Å². The Morgan fingerprint density at radius 3 is 2.62 bits per heavy atom. The fourth-order valence-corrected chi connectivity index (χ4v) is 2.50. The number of halogens is 3. The monoisotopic (exact) mass is 348 g/mol. The number of hydrogen-bond donors (Lipinski definition) is 1. The molecule has 1 aliphatic rings. The largest absolute Gasteiger partial charge is 0.471 e. The highest BCUT2D eigenvalue weighted by Gasteiger charge is 2.43. The number of piperidine rings is 1. The summed E-state index contributed by atoms with van der Waals surface area (Å²) in [7, 11) is 0. The van der Waals surface area contributed by atoms with Crippen LogP contribution in [0.3, 0.4) is 0 Å². The molecule has 0 atom stereocenters. The zero-order chi connectivity index (χ0) is 17.6. The molecule has 0 bridgehead atoms. The summed E-state index contributed by atoms with van der Waals surface area (Å²) >= 11 is 0. The fraction of sp³-hybridized carbons (Fsp3) is 0.600. The molecule has 1 N–H and O–H groups in total. The van der Waals surface area contributed by atoms with Crippen LogP contribution < -0.4 is 5.48 Å². The second-order valence-electron chi connectivity index (χ2n) is 5.56. The number of alkyl halides is 3. The van der Waals surface area contributed by atoms with Gasteiger partial charge in [-0.1, -0.05) is 0 Å². The molecule has 0 radical (unpaired) electrons. The third-order valence-corrected chi connectivity index (χ3v) is 3.82. The van der Waals surface area contributed by atoms with Crippen LogP contribution in [0.15, 0.2) is 22.8 Å². The van der Waals surface area contributed by atoms with Gasteiger partial charge in [0.05, 0.1) is 12.9 Å². The predicted octanol–water partition coefficient (Wildman–Crippen LogP) is 2.06. The Bertz CT molecular complexity index is 537. The van der Waals surface area contributed by atoms with Crippen molar-refractivity contribution in [1.29, 1.82) is 0 Å².